The van der Waals surface area contributed by atoms with E-state index in [0.29, 0.717) is 0 Å². The number of hydrogen-bond donors (Lipinski definition) is 0. The molecule has 0 aliphatic heterocycles. The lowest BCUT2D eigenvalue weighted by Crippen LogP contribution is -2.47. The van der Waals surface area contributed by atoms with E-state index >= 15 is 0 Å². The predicted octanol–water partition coefficient (Wildman–Crippen LogP) is 7.24. The van der Waals surface area contributed by atoms with E-state index in [9.17, 15) is 0 Å². The van der Waals surface area contributed by atoms with Crippen LogP contribution in [0, 0.1) is 0 Å². The van der Waals surface area contributed by atoms with Gasteiger partial charge in [-0.15, -0.1) is 0 Å². The Morgan fingerprint density at radius 2 is 1.10 bits per heavy atom. The number of benzene rings is 1. The standard InChI is InChI=1S/C25H44O6/c1-8-9-10-11-12-16-19-24(23-17-14-13-15-18-23)25(29-26-20(2)3,30-27-21(4)5)31-28-22(6)7/h13-15,17-18,20-22,24H,8-12,16,19H2,1-7H3. The van der Waals surface area contributed by atoms with Crippen LogP contribution in [0.25, 0.3) is 0 Å². The first-order valence-electron chi connectivity index (χ1n) is 11.9. The number of unbranched alkanes of at least 4 members (excludes halogenated alkanes) is 5. The molecule has 180 valence electrons. The van der Waals surface area contributed by atoms with Gasteiger partial charge in [-0.2, -0.15) is 14.7 Å². The fraction of sp³-hybridized carbons (Fsp3) is 0.760. The van der Waals surface area contributed by atoms with Crippen LogP contribution in [-0.2, 0) is 29.3 Å². The minimum atomic E-state index is -1.70. The molecule has 0 fully saturated rings. The van der Waals surface area contributed by atoms with Crippen molar-refractivity contribution in [3.63, 3.8) is 0 Å². The zero-order valence-corrected chi connectivity index (χ0v) is 20.6. The van der Waals surface area contributed by atoms with Crippen LogP contribution >= 0.6 is 0 Å². The van der Waals surface area contributed by atoms with Crippen molar-refractivity contribution in [2.24, 2.45) is 0 Å². The lowest BCUT2D eigenvalue weighted by molar-refractivity contribution is -0.646. The van der Waals surface area contributed by atoms with Crippen molar-refractivity contribution in [2.75, 3.05) is 0 Å². The van der Waals surface area contributed by atoms with E-state index < -0.39 is 5.97 Å². The topological polar surface area (TPSA) is 55.4 Å². The van der Waals surface area contributed by atoms with E-state index in [1.807, 2.05) is 71.9 Å². The van der Waals surface area contributed by atoms with E-state index in [-0.39, 0.29) is 24.2 Å². The van der Waals surface area contributed by atoms with Crippen LogP contribution < -0.4 is 0 Å². The summed E-state index contributed by atoms with van der Waals surface area (Å²) in [5.41, 5.74) is 1.00. The summed E-state index contributed by atoms with van der Waals surface area (Å²) >= 11 is 0. The molecular formula is C25H44O6. The van der Waals surface area contributed by atoms with Gasteiger partial charge in [0.1, 0.15) is 0 Å². The molecule has 0 aliphatic rings. The summed E-state index contributed by atoms with van der Waals surface area (Å²) in [6.45, 7) is 13.5. The van der Waals surface area contributed by atoms with E-state index in [4.69, 9.17) is 29.3 Å². The van der Waals surface area contributed by atoms with Crippen LogP contribution in [0.5, 0.6) is 0 Å². The molecule has 1 atom stereocenters. The van der Waals surface area contributed by atoms with Gasteiger partial charge in [-0.3, -0.25) is 0 Å². The maximum absolute atomic E-state index is 5.81. The number of rotatable bonds is 18. The van der Waals surface area contributed by atoms with Gasteiger partial charge in [-0.25, -0.2) is 14.7 Å². The van der Waals surface area contributed by atoms with Crippen molar-refractivity contribution >= 4 is 0 Å². The first-order valence-corrected chi connectivity index (χ1v) is 11.9. The highest BCUT2D eigenvalue weighted by molar-refractivity contribution is 5.21. The summed E-state index contributed by atoms with van der Waals surface area (Å²) in [5.74, 6) is -2.03. The van der Waals surface area contributed by atoms with Gasteiger partial charge in [0.05, 0.1) is 24.2 Å². The summed E-state index contributed by atoms with van der Waals surface area (Å²) in [7, 11) is 0. The maximum Gasteiger partial charge on any atom is 0.372 e. The average Bonchev–Trinajstić information content (AvgIpc) is 2.74. The molecule has 0 N–H and O–H groups in total. The highest BCUT2D eigenvalue weighted by atomic mass is 17.4. The van der Waals surface area contributed by atoms with Crippen molar-refractivity contribution in [3.8, 4) is 0 Å². The Balaban J connectivity index is 3.17. The van der Waals surface area contributed by atoms with Crippen LogP contribution in [0.3, 0.4) is 0 Å². The molecule has 0 bridgehead atoms. The Morgan fingerprint density at radius 1 is 0.645 bits per heavy atom. The van der Waals surface area contributed by atoms with Gasteiger partial charge in [0.15, 0.2) is 0 Å². The Kier molecular flexibility index (Phi) is 14.2. The molecule has 1 rings (SSSR count). The van der Waals surface area contributed by atoms with Crippen molar-refractivity contribution in [1.82, 2.24) is 0 Å². The van der Waals surface area contributed by atoms with E-state index in [1.165, 1.54) is 25.7 Å². The molecule has 1 unspecified atom stereocenters. The quantitative estimate of drug-likeness (QED) is 0.104. The fourth-order valence-corrected chi connectivity index (χ4v) is 3.07. The molecule has 1 aromatic rings. The van der Waals surface area contributed by atoms with Crippen LogP contribution in [0.15, 0.2) is 30.3 Å². The molecule has 0 aliphatic carbocycles. The summed E-state index contributed by atoms with van der Waals surface area (Å²) in [6.07, 6.45) is 7.25. The first kappa shape index (κ1) is 28.0. The molecule has 6 heteroatoms. The molecule has 1 aromatic carbocycles. The zero-order chi connectivity index (χ0) is 23.1. The molecule has 0 saturated carbocycles. The van der Waals surface area contributed by atoms with Crippen molar-refractivity contribution in [2.45, 2.75) is 124 Å². The highest BCUT2D eigenvalue weighted by Gasteiger charge is 2.49. The van der Waals surface area contributed by atoms with Crippen LogP contribution in [0.1, 0.15) is 105 Å². The average molecular weight is 441 g/mol. The van der Waals surface area contributed by atoms with E-state index in [1.54, 1.807) is 0 Å². The Bertz CT molecular complexity index is 515. The Labute approximate surface area is 189 Å². The van der Waals surface area contributed by atoms with Gasteiger partial charge in [-0.1, -0.05) is 75.8 Å². The van der Waals surface area contributed by atoms with Crippen LogP contribution in [0.2, 0.25) is 0 Å². The molecule has 0 aromatic heterocycles. The lowest BCUT2D eigenvalue weighted by Gasteiger charge is -2.37. The Hall–Kier alpha value is -1.02. The second-order valence-corrected chi connectivity index (χ2v) is 8.81. The monoisotopic (exact) mass is 440 g/mol. The third-order valence-electron chi connectivity index (χ3n) is 4.55. The first-order chi connectivity index (χ1) is 14.8. The minimum Gasteiger partial charge on any atom is -0.228 e. The molecule has 31 heavy (non-hydrogen) atoms. The van der Waals surface area contributed by atoms with Crippen LogP contribution in [0.4, 0.5) is 0 Å². The summed E-state index contributed by atoms with van der Waals surface area (Å²) in [6, 6.07) is 10.0. The molecule has 0 spiro atoms. The summed E-state index contributed by atoms with van der Waals surface area (Å²) in [4.78, 5) is 34.0. The Morgan fingerprint density at radius 3 is 1.55 bits per heavy atom. The van der Waals surface area contributed by atoms with E-state index in [0.717, 1.165) is 24.8 Å². The van der Waals surface area contributed by atoms with Crippen molar-refractivity contribution in [1.29, 1.82) is 0 Å². The van der Waals surface area contributed by atoms with Gasteiger partial charge in [0.25, 0.3) is 0 Å². The molecule has 0 saturated heterocycles. The van der Waals surface area contributed by atoms with Crippen LogP contribution in [-0.4, -0.2) is 24.3 Å². The predicted molar refractivity (Wildman–Crippen MR) is 122 cm³/mol. The molecule has 0 radical (unpaired) electrons. The molecule has 0 amide bonds. The van der Waals surface area contributed by atoms with Crippen molar-refractivity contribution in [3.05, 3.63) is 35.9 Å². The third kappa shape index (κ3) is 11.4. The fourth-order valence-electron chi connectivity index (χ4n) is 3.07. The highest BCUT2D eigenvalue weighted by Crippen LogP contribution is 2.39. The maximum atomic E-state index is 5.81. The zero-order valence-electron chi connectivity index (χ0n) is 20.6. The normalized spacial score (nSPS) is 13.5. The van der Waals surface area contributed by atoms with Gasteiger partial charge >= 0.3 is 5.97 Å². The number of hydrogen-bond acceptors (Lipinski definition) is 6. The summed E-state index contributed by atoms with van der Waals surface area (Å²) < 4.78 is 0. The second kappa shape index (κ2) is 15.7. The smallest absolute Gasteiger partial charge is 0.228 e. The summed E-state index contributed by atoms with van der Waals surface area (Å²) in [5, 5.41) is 0. The van der Waals surface area contributed by atoms with Gasteiger partial charge in [0.2, 0.25) is 0 Å². The van der Waals surface area contributed by atoms with E-state index in [2.05, 4.69) is 6.92 Å². The van der Waals surface area contributed by atoms with Gasteiger partial charge in [0, 0.05) is 0 Å². The molecule has 6 nitrogen and oxygen atoms in total. The second-order valence-electron chi connectivity index (χ2n) is 8.81. The third-order valence-corrected chi connectivity index (χ3v) is 4.55. The lowest BCUT2D eigenvalue weighted by atomic mass is 9.90. The SMILES string of the molecule is CCCCCCCCC(c1ccccc1)C(OOC(C)C)(OOC(C)C)OOC(C)C. The molecular weight excluding hydrogens is 396 g/mol. The van der Waals surface area contributed by atoms with Gasteiger partial charge < -0.3 is 0 Å². The van der Waals surface area contributed by atoms with Gasteiger partial charge in [-0.05, 0) is 53.5 Å². The largest absolute Gasteiger partial charge is 0.372 e. The molecule has 0 heterocycles. The van der Waals surface area contributed by atoms with Crippen molar-refractivity contribution < 1.29 is 29.3 Å². The minimum absolute atomic E-state index is 0.199.